The fourth-order valence-corrected chi connectivity index (χ4v) is 4.06. The number of carbonyl (C=O) groups excluding carboxylic acids is 1. The average Bonchev–Trinajstić information content (AvgIpc) is 3.10. The number of hydrogen-bond acceptors (Lipinski definition) is 3. The minimum absolute atomic E-state index is 0.248. The lowest BCUT2D eigenvalue weighted by Crippen LogP contribution is -2.29. The van der Waals surface area contributed by atoms with Crippen LogP contribution in [0.15, 0.2) is 23.2 Å². The molecule has 1 amide bonds. The number of aryl methyl sites for hydroxylation is 3. The van der Waals surface area contributed by atoms with E-state index in [-0.39, 0.29) is 5.91 Å². The van der Waals surface area contributed by atoms with Gasteiger partial charge in [-0.1, -0.05) is 30.8 Å². The predicted octanol–water partition coefficient (Wildman–Crippen LogP) is 4.13. The molecule has 0 unspecified atom stereocenters. The lowest BCUT2D eigenvalue weighted by atomic mass is 10.0. The molecule has 0 N–H and O–H groups in total. The number of nitrogens with zero attached hydrogens (tertiary/aromatic N) is 2. The van der Waals surface area contributed by atoms with Crippen LogP contribution in [0.3, 0.4) is 0 Å². The van der Waals surface area contributed by atoms with Crippen LogP contribution in [0.4, 0.5) is 0 Å². The van der Waals surface area contributed by atoms with Gasteiger partial charge in [-0.15, -0.1) is 0 Å². The van der Waals surface area contributed by atoms with E-state index >= 15 is 0 Å². The Labute approximate surface area is 142 Å². The number of benzene rings is 1. The second-order valence-corrected chi connectivity index (χ2v) is 7.23. The maximum absolute atomic E-state index is 12.3. The minimum Gasteiger partial charge on any atom is -0.342 e. The van der Waals surface area contributed by atoms with Gasteiger partial charge < -0.3 is 4.90 Å². The first kappa shape index (κ1) is 16.3. The first-order valence-corrected chi connectivity index (χ1v) is 9.39. The van der Waals surface area contributed by atoms with Gasteiger partial charge in [0.2, 0.25) is 5.91 Å². The third-order valence-corrected chi connectivity index (χ3v) is 5.74. The Morgan fingerprint density at radius 2 is 2.00 bits per heavy atom. The number of amides is 1. The van der Waals surface area contributed by atoms with Crippen molar-refractivity contribution in [1.82, 2.24) is 9.88 Å². The number of hydrogen-bond donors (Lipinski definition) is 0. The van der Waals surface area contributed by atoms with E-state index in [1.165, 1.54) is 22.1 Å². The van der Waals surface area contributed by atoms with Gasteiger partial charge in [-0.3, -0.25) is 4.79 Å². The summed E-state index contributed by atoms with van der Waals surface area (Å²) in [5, 5.41) is 2.21. The molecule has 1 aliphatic rings. The van der Waals surface area contributed by atoms with Crippen LogP contribution >= 0.6 is 11.8 Å². The fraction of sp³-hybridized carbons (Fsp3) is 0.474. The molecule has 0 aliphatic carbocycles. The second kappa shape index (κ2) is 6.91. The maximum Gasteiger partial charge on any atom is 0.232 e. The summed E-state index contributed by atoms with van der Waals surface area (Å²) in [5.41, 5.74) is 4.80. The normalized spacial score (nSPS) is 14.7. The van der Waals surface area contributed by atoms with Crippen molar-refractivity contribution in [2.45, 2.75) is 45.1 Å². The number of pyridine rings is 1. The molecule has 2 aromatic rings. The molecule has 0 atom stereocenters. The van der Waals surface area contributed by atoms with Crippen molar-refractivity contribution in [3.63, 3.8) is 0 Å². The van der Waals surface area contributed by atoms with Crippen LogP contribution in [-0.4, -0.2) is 34.6 Å². The van der Waals surface area contributed by atoms with Gasteiger partial charge >= 0.3 is 0 Å². The van der Waals surface area contributed by atoms with Gasteiger partial charge in [0, 0.05) is 18.5 Å². The number of fused-ring (bicyclic) bond motifs is 1. The molecular formula is C19H24N2OS. The topological polar surface area (TPSA) is 33.2 Å². The number of likely N-dealkylation sites (tertiary alicyclic amines) is 1. The van der Waals surface area contributed by atoms with Crippen LogP contribution in [0.1, 0.15) is 36.5 Å². The van der Waals surface area contributed by atoms with Crippen molar-refractivity contribution in [1.29, 1.82) is 0 Å². The second-order valence-electron chi connectivity index (χ2n) is 6.26. The molecule has 0 bridgehead atoms. The highest BCUT2D eigenvalue weighted by atomic mass is 32.2. The zero-order valence-corrected chi connectivity index (χ0v) is 15.0. The van der Waals surface area contributed by atoms with Crippen molar-refractivity contribution in [2.75, 3.05) is 18.8 Å². The Morgan fingerprint density at radius 3 is 2.70 bits per heavy atom. The summed E-state index contributed by atoms with van der Waals surface area (Å²) in [6, 6.07) is 6.54. The van der Waals surface area contributed by atoms with Crippen molar-refractivity contribution in [3.05, 3.63) is 34.9 Å². The van der Waals surface area contributed by atoms with Crippen molar-refractivity contribution in [3.8, 4) is 0 Å². The zero-order chi connectivity index (χ0) is 16.4. The summed E-state index contributed by atoms with van der Waals surface area (Å²) < 4.78 is 0. The third kappa shape index (κ3) is 3.37. The van der Waals surface area contributed by atoms with E-state index in [9.17, 15) is 4.79 Å². The third-order valence-electron chi connectivity index (χ3n) is 4.72. The van der Waals surface area contributed by atoms with E-state index in [4.69, 9.17) is 4.98 Å². The van der Waals surface area contributed by atoms with Crippen molar-refractivity contribution < 1.29 is 4.79 Å². The van der Waals surface area contributed by atoms with Crippen molar-refractivity contribution in [2.24, 2.45) is 0 Å². The zero-order valence-electron chi connectivity index (χ0n) is 14.2. The standard InChI is InChI=1S/C19H24N2OS/c1-4-15-11-16-8-7-13(2)14(3)18(16)20-19(15)23-12-17(22)21-9-5-6-10-21/h7-8,11H,4-6,9-10,12H2,1-3H3. The number of aromatic nitrogens is 1. The minimum atomic E-state index is 0.248. The van der Waals surface area contributed by atoms with E-state index < -0.39 is 0 Å². The fourth-order valence-electron chi connectivity index (χ4n) is 3.08. The highest BCUT2D eigenvalue weighted by molar-refractivity contribution is 7.99. The van der Waals surface area contributed by atoms with Crippen LogP contribution in [-0.2, 0) is 11.2 Å². The van der Waals surface area contributed by atoms with Gasteiger partial charge in [-0.05, 0) is 55.9 Å². The quantitative estimate of drug-likeness (QED) is 0.791. The monoisotopic (exact) mass is 328 g/mol. The van der Waals surface area contributed by atoms with Crippen molar-refractivity contribution >= 4 is 28.6 Å². The number of carbonyl (C=O) groups is 1. The van der Waals surface area contributed by atoms with Crippen LogP contribution < -0.4 is 0 Å². The van der Waals surface area contributed by atoms with E-state index in [0.29, 0.717) is 5.75 Å². The highest BCUT2D eigenvalue weighted by Crippen LogP contribution is 2.28. The molecule has 1 aromatic heterocycles. The van der Waals surface area contributed by atoms with Crippen LogP contribution in [0, 0.1) is 13.8 Å². The average molecular weight is 328 g/mol. The Balaban J connectivity index is 1.86. The van der Waals surface area contributed by atoms with Gasteiger partial charge in [0.25, 0.3) is 0 Å². The summed E-state index contributed by atoms with van der Waals surface area (Å²) >= 11 is 1.59. The van der Waals surface area contributed by atoms with Crippen LogP contribution in [0.2, 0.25) is 0 Å². The Hall–Kier alpha value is -1.55. The lowest BCUT2D eigenvalue weighted by molar-refractivity contribution is -0.127. The first-order valence-electron chi connectivity index (χ1n) is 8.40. The molecule has 23 heavy (non-hydrogen) atoms. The van der Waals surface area contributed by atoms with Crippen LogP contribution in [0.25, 0.3) is 10.9 Å². The molecule has 1 saturated heterocycles. The Kier molecular flexibility index (Phi) is 4.90. The number of thioether (sulfide) groups is 1. The van der Waals surface area contributed by atoms with Gasteiger partial charge in [-0.25, -0.2) is 4.98 Å². The smallest absolute Gasteiger partial charge is 0.232 e. The molecule has 0 radical (unpaired) electrons. The molecule has 0 spiro atoms. The molecular weight excluding hydrogens is 304 g/mol. The Bertz CT molecular complexity index is 736. The van der Waals surface area contributed by atoms with E-state index in [2.05, 4.69) is 39.0 Å². The van der Waals surface area contributed by atoms with Crippen LogP contribution in [0.5, 0.6) is 0 Å². The molecule has 4 heteroatoms. The van der Waals surface area contributed by atoms with E-state index in [1.807, 2.05) is 4.90 Å². The lowest BCUT2D eigenvalue weighted by Gasteiger charge is -2.16. The number of rotatable bonds is 4. The maximum atomic E-state index is 12.3. The molecule has 2 heterocycles. The molecule has 122 valence electrons. The predicted molar refractivity (Wildman–Crippen MR) is 97.1 cm³/mol. The first-order chi connectivity index (χ1) is 11.1. The van der Waals surface area contributed by atoms with E-state index in [1.54, 1.807) is 11.8 Å². The molecule has 1 aromatic carbocycles. The van der Waals surface area contributed by atoms with Gasteiger partial charge in [0.05, 0.1) is 11.3 Å². The molecule has 1 aliphatic heterocycles. The summed E-state index contributed by atoms with van der Waals surface area (Å²) in [5.74, 6) is 0.744. The van der Waals surface area contributed by atoms with E-state index in [0.717, 1.165) is 42.9 Å². The van der Waals surface area contributed by atoms with Gasteiger partial charge in [0.15, 0.2) is 0 Å². The summed E-state index contributed by atoms with van der Waals surface area (Å²) in [6.45, 7) is 8.23. The molecule has 0 saturated carbocycles. The largest absolute Gasteiger partial charge is 0.342 e. The summed E-state index contributed by atoms with van der Waals surface area (Å²) in [7, 11) is 0. The summed E-state index contributed by atoms with van der Waals surface area (Å²) in [6.07, 6.45) is 3.22. The van der Waals surface area contributed by atoms with Gasteiger partial charge in [-0.2, -0.15) is 0 Å². The molecule has 3 rings (SSSR count). The summed E-state index contributed by atoms with van der Waals surface area (Å²) in [4.78, 5) is 19.2. The molecule has 1 fully saturated rings. The molecule has 3 nitrogen and oxygen atoms in total. The SMILES string of the molecule is CCc1cc2ccc(C)c(C)c2nc1SCC(=O)N1CCCC1. The van der Waals surface area contributed by atoms with Gasteiger partial charge in [0.1, 0.15) is 5.03 Å². The Morgan fingerprint density at radius 1 is 1.26 bits per heavy atom. The highest BCUT2D eigenvalue weighted by Gasteiger charge is 2.19.